The zero-order valence-corrected chi connectivity index (χ0v) is 14.6. The van der Waals surface area contributed by atoms with Gasteiger partial charge < -0.3 is 14.0 Å². The van der Waals surface area contributed by atoms with E-state index in [4.69, 9.17) is 14.5 Å². The normalized spacial score (nSPS) is 16.7. The van der Waals surface area contributed by atoms with Crippen LogP contribution in [0.5, 0.6) is 5.75 Å². The molecule has 0 radical (unpaired) electrons. The highest BCUT2D eigenvalue weighted by molar-refractivity contribution is 6.03. The summed E-state index contributed by atoms with van der Waals surface area (Å²) in [5, 5.41) is 1.07. The molecule has 2 aromatic carbocycles. The lowest BCUT2D eigenvalue weighted by Gasteiger charge is -2.23. The number of pyridine rings is 1. The first-order valence-corrected chi connectivity index (χ1v) is 8.83. The van der Waals surface area contributed by atoms with E-state index in [0.717, 1.165) is 39.1 Å². The Morgan fingerprint density at radius 1 is 1.15 bits per heavy atom. The zero-order valence-electron chi connectivity index (χ0n) is 14.6. The van der Waals surface area contributed by atoms with Crippen LogP contribution in [0.1, 0.15) is 24.4 Å². The molecular formula is C21H19N3O2. The summed E-state index contributed by atoms with van der Waals surface area (Å²) in [5.41, 5.74) is 4.12. The Hall–Kier alpha value is -2.92. The van der Waals surface area contributed by atoms with Crippen molar-refractivity contribution in [2.75, 3.05) is 6.61 Å². The molecule has 4 aromatic rings. The third kappa shape index (κ3) is 2.52. The molecule has 3 heterocycles. The number of imidazole rings is 1. The van der Waals surface area contributed by atoms with Crippen molar-refractivity contribution in [2.24, 2.45) is 0 Å². The average Bonchev–Trinajstić information content (AvgIpc) is 3.07. The van der Waals surface area contributed by atoms with Crippen LogP contribution in [-0.2, 0) is 18.0 Å². The van der Waals surface area contributed by atoms with Gasteiger partial charge in [-0.1, -0.05) is 30.3 Å². The second-order valence-corrected chi connectivity index (χ2v) is 6.71. The number of benzene rings is 2. The standard InChI is InChI=1S/C21H19N3O2/c1-14-11-25-13-20-23-19-10-22-18-8-7-16(9-17(18)21(19)24(14)20)26-12-15-5-3-2-4-6-15/h2-10,14H,11-13H2,1H3/t14-/m0/s1. The number of ether oxygens (including phenoxy) is 2. The molecule has 5 heteroatoms. The van der Waals surface area contributed by atoms with Crippen LogP contribution in [-0.4, -0.2) is 21.1 Å². The van der Waals surface area contributed by atoms with E-state index in [0.29, 0.717) is 19.8 Å². The van der Waals surface area contributed by atoms with Gasteiger partial charge in [-0.25, -0.2) is 4.98 Å². The molecule has 0 fully saturated rings. The predicted molar refractivity (Wildman–Crippen MR) is 100 cm³/mol. The van der Waals surface area contributed by atoms with Crippen molar-refractivity contribution in [2.45, 2.75) is 26.2 Å². The summed E-state index contributed by atoms with van der Waals surface area (Å²) in [7, 11) is 0. The van der Waals surface area contributed by atoms with Gasteiger partial charge in [-0.05, 0) is 30.7 Å². The maximum absolute atomic E-state index is 6.01. The van der Waals surface area contributed by atoms with Gasteiger partial charge in [0.15, 0.2) is 0 Å². The van der Waals surface area contributed by atoms with Gasteiger partial charge in [-0.15, -0.1) is 0 Å². The van der Waals surface area contributed by atoms with Crippen molar-refractivity contribution >= 4 is 21.9 Å². The van der Waals surface area contributed by atoms with Crippen molar-refractivity contribution in [1.82, 2.24) is 14.5 Å². The van der Waals surface area contributed by atoms with Crippen molar-refractivity contribution in [3.05, 3.63) is 66.1 Å². The van der Waals surface area contributed by atoms with Crippen molar-refractivity contribution in [3.8, 4) is 5.75 Å². The minimum Gasteiger partial charge on any atom is -0.489 e. The van der Waals surface area contributed by atoms with Gasteiger partial charge in [0.2, 0.25) is 0 Å². The monoisotopic (exact) mass is 345 g/mol. The van der Waals surface area contributed by atoms with Crippen molar-refractivity contribution in [1.29, 1.82) is 0 Å². The molecule has 26 heavy (non-hydrogen) atoms. The van der Waals surface area contributed by atoms with E-state index in [-0.39, 0.29) is 6.04 Å². The van der Waals surface area contributed by atoms with Gasteiger partial charge in [0.25, 0.3) is 0 Å². The first-order chi connectivity index (χ1) is 12.8. The third-order valence-electron chi connectivity index (χ3n) is 4.84. The zero-order chi connectivity index (χ0) is 17.5. The molecule has 130 valence electrons. The molecule has 0 aliphatic carbocycles. The quantitative estimate of drug-likeness (QED) is 0.557. The Kier molecular flexibility index (Phi) is 3.60. The Morgan fingerprint density at radius 2 is 2.04 bits per heavy atom. The molecule has 1 aliphatic rings. The molecule has 1 aliphatic heterocycles. The Morgan fingerprint density at radius 3 is 2.92 bits per heavy atom. The first kappa shape index (κ1) is 15.3. The van der Waals surface area contributed by atoms with E-state index >= 15 is 0 Å². The minimum absolute atomic E-state index is 0.253. The smallest absolute Gasteiger partial charge is 0.136 e. The highest BCUT2D eigenvalue weighted by Gasteiger charge is 2.22. The Balaban J connectivity index is 1.60. The van der Waals surface area contributed by atoms with Crippen LogP contribution in [0.4, 0.5) is 0 Å². The minimum atomic E-state index is 0.253. The fourth-order valence-corrected chi connectivity index (χ4v) is 3.61. The number of hydrogen-bond donors (Lipinski definition) is 0. The molecule has 0 bridgehead atoms. The molecule has 0 saturated heterocycles. The van der Waals surface area contributed by atoms with Crippen LogP contribution in [0, 0.1) is 0 Å². The van der Waals surface area contributed by atoms with Crippen LogP contribution >= 0.6 is 0 Å². The second kappa shape index (κ2) is 6.11. The van der Waals surface area contributed by atoms with E-state index in [2.05, 4.69) is 34.7 Å². The largest absolute Gasteiger partial charge is 0.489 e. The lowest BCUT2D eigenvalue weighted by molar-refractivity contribution is 0.0622. The SMILES string of the molecule is C[C@H]1COCc2nc3cnc4ccc(OCc5ccccc5)cc4c3n21. The molecule has 0 amide bonds. The van der Waals surface area contributed by atoms with Crippen molar-refractivity contribution in [3.63, 3.8) is 0 Å². The summed E-state index contributed by atoms with van der Waals surface area (Å²) in [4.78, 5) is 9.28. The van der Waals surface area contributed by atoms with E-state index in [1.165, 1.54) is 0 Å². The van der Waals surface area contributed by atoms with E-state index in [1.807, 2.05) is 36.5 Å². The summed E-state index contributed by atoms with van der Waals surface area (Å²) in [6, 6.07) is 16.5. The molecule has 0 saturated carbocycles. The van der Waals surface area contributed by atoms with Crippen LogP contribution in [0.25, 0.3) is 21.9 Å². The lowest BCUT2D eigenvalue weighted by atomic mass is 10.1. The van der Waals surface area contributed by atoms with Gasteiger partial charge in [0.1, 0.15) is 30.3 Å². The molecular weight excluding hydrogens is 326 g/mol. The summed E-state index contributed by atoms with van der Waals surface area (Å²) in [6.45, 7) is 3.95. The molecule has 0 unspecified atom stereocenters. The van der Waals surface area contributed by atoms with Crippen LogP contribution in [0.15, 0.2) is 54.7 Å². The average molecular weight is 345 g/mol. The van der Waals surface area contributed by atoms with E-state index in [9.17, 15) is 0 Å². The molecule has 5 nitrogen and oxygen atoms in total. The molecule has 2 aromatic heterocycles. The fraction of sp³-hybridized carbons (Fsp3) is 0.238. The van der Waals surface area contributed by atoms with Gasteiger partial charge >= 0.3 is 0 Å². The molecule has 1 atom stereocenters. The fourth-order valence-electron chi connectivity index (χ4n) is 3.61. The molecule has 5 rings (SSSR count). The maximum atomic E-state index is 6.01. The highest BCUT2D eigenvalue weighted by Crippen LogP contribution is 2.32. The van der Waals surface area contributed by atoms with Gasteiger partial charge in [0.05, 0.1) is 29.9 Å². The third-order valence-corrected chi connectivity index (χ3v) is 4.84. The number of aromatic nitrogens is 3. The van der Waals surface area contributed by atoms with Gasteiger partial charge in [-0.3, -0.25) is 4.98 Å². The highest BCUT2D eigenvalue weighted by atomic mass is 16.5. The van der Waals surface area contributed by atoms with Crippen LogP contribution in [0.3, 0.4) is 0 Å². The van der Waals surface area contributed by atoms with E-state index in [1.54, 1.807) is 0 Å². The summed E-state index contributed by atoms with van der Waals surface area (Å²) < 4.78 is 13.9. The van der Waals surface area contributed by atoms with Crippen molar-refractivity contribution < 1.29 is 9.47 Å². The first-order valence-electron chi connectivity index (χ1n) is 8.83. The molecule has 0 N–H and O–H groups in total. The second-order valence-electron chi connectivity index (χ2n) is 6.71. The summed E-state index contributed by atoms with van der Waals surface area (Å²) in [6.07, 6.45) is 1.85. The summed E-state index contributed by atoms with van der Waals surface area (Å²) in [5.74, 6) is 1.80. The van der Waals surface area contributed by atoms with Crippen LogP contribution in [0.2, 0.25) is 0 Å². The Bertz CT molecular complexity index is 1090. The predicted octanol–water partition coefficient (Wildman–Crippen LogP) is 4.25. The van der Waals surface area contributed by atoms with E-state index < -0.39 is 0 Å². The van der Waals surface area contributed by atoms with Crippen LogP contribution < -0.4 is 4.74 Å². The van der Waals surface area contributed by atoms with Gasteiger partial charge in [0, 0.05) is 5.39 Å². The maximum Gasteiger partial charge on any atom is 0.136 e. The number of rotatable bonds is 3. The number of nitrogens with zero attached hydrogens (tertiary/aromatic N) is 3. The van der Waals surface area contributed by atoms with Gasteiger partial charge in [-0.2, -0.15) is 0 Å². The Labute approximate surface area is 151 Å². The number of fused-ring (bicyclic) bond motifs is 5. The topological polar surface area (TPSA) is 49.2 Å². The number of hydrogen-bond acceptors (Lipinski definition) is 4. The molecule has 0 spiro atoms. The summed E-state index contributed by atoms with van der Waals surface area (Å²) >= 11 is 0. The lowest BCUT2D eigenvalue weighted by Crippen LogP contribution is -2.21.